The molecule has 0 saturated heterocycles. The summed E-state index contributed by atoms with van der Waals surface area (Å²) in [5.41, 5.74) is 0.662. The molecule has 5 heteroatoms. The lowest BCUT2D eigenvalue weighted by atomic mass is 10.1. The second-order valence-electron chi connectivity index (χ2n) is 4.77. The lowest BCUT2D eigenvalue weighted by molar-refractivity contribution is 0.171. The number of aliphatic hydroxyl groups is 1. The Morgan fingerprint density at radius 1 is 1.30 bits per heavy atom. The molecule has 1 aromatic heterocycles. The number of halogens is 2. The monoisotopic (exact) mass is 329 g/mol. The van der Waals surface area contributed by atoms with Crippen LogP contribution >= 0.6 is 34.5 Å². The predicted molar refractivity (Wildman–Crippen MR) is 86.9 cm³/mol. The van der Waals surface area contributed by atoms with Crippen molar-refractivity contribution in [2.75, 3.05) is 6.54 Å². The molecule has 0 aliphatic carbocycles. The lowest BCUT2D eigenvalue weighted by Gasteiger charge is -2.18. The molecule has 2 nitrogen and oxygen atoms in total. The average Bonchev–Trinajstić information content (AvgIpc) is 2.91. The first-order valence-electron chi connectivity index (χ1n) is 6.45. The third kappa shape index (κ3) is 4.47. The molecule has 0 aliphatic rings. The zero-order valence-electron chi connectivity index (χ0n) is 11.1. The average molecular weight is 330 g/mol. The van der Waals surface area contributed by atoms with Gasteiger partial charge in [-0.05, 0) is 43.0 Å². The van der Waals surface area contributed by atoms with E-state index in [0.717, 1.165) is 6.42 Å². The third-order valence-electron chi connectivity index (χ3n) is 3.06. The van der Waals surface area contributed by atoms with Crippen LogP contribution in [-0.4, -0.2) is 17.7 Å². The molecule has 2 rings (SSSR count). The van der Waals surface area contributed by atoms with Crippen LogP contribution in [0.15, 0.2) is 35.7 Å². The molecule has 0 fully saturated rings. The molecule has 20 heavy (non-hydrogen) atoms. The van der Waals surface area contributed by atoms with Gasteiger partial charge < -0.3 is 10.4 Å². The van der Waals surface area contributed by atoms with Crippen molar-refractivity contribution in [3.8, 4) is 0 Å². The Balaban J connectivity index is 1.88. The van der Waals surface area contributed by atoms with E-state index < -0.39 is 6.10 Å². The number of benzene rings is 1. The molecular weight excluding hydrogens is 313 g/mol. The van der Waals surface area contributed by atoms with Crippen LogP contribution in [0.25, 0.3) is 0 Å². The summed E-state index contributed by atoms with van der Waals surface area (Å²) in [6, 6.07) is 9.59. The van der Waals surface area contributed by atoms with Crippen molar-refractivity contribution in [2.24, 2.45) is 0 Å². The first-order valence-corrected chi connectivity index (χ1v) is 8.08. The Kier molecular flexibility index (Phi) is 5.87. The van der Waals surface area contributed by atoms with Crippen LogP contribution in [0.3, 0.4) is 0 Å². The Hall–Kier alpha value is -0.580. The standard InChI is InChI=1S/C15H17Cl2NOS/c1-10(7-12-3-2-6-20-12)18-9-15(19)13-8-11(16)4-5-14(13)17/h2-6,8,10,15,18-19H,7,9H2,1H3. The van der Waals surface area contributed by atoms with Crippen molar-refractivity contribution < 1.29 is 5.11 Å². The van der Waals surface area contributed by atoms with E-state index in [4.69, 9.17) is 23.2 Å². The number of aliphatic hydroxyl groups excluding tert-OH is 1. The second kappa shape index (κ2) is 7.43. The molecule has 0 bridgehead atoms. The number of hydrogen-bond acceptors (Lipinski definition) is 3. The molecule has 2 unspecified atom stereocenters. The summed E-state index contributed by atoms with van der Waals surface area (Å²) >= 11 is 13.8. The van der Waals surface area contributed by atoms with Gasteiger partial charge in [-0.2, -0.15) is 0 Å². The summed E-state index contributed by atoms with van der Waals surface area (Å²) < 4.78 is 0. The SMILES string of the molecule is CC(Cc1cccs1)NCC(O)c1cc(Cl)ccc1Cl. The Morgan fingerprint density at radius 3 is 2.80 bits per heavy atom. The predicted octanol–water partition coefficient (Wildman–Crippen LogP) is 4.31. The number of rotatable bonds is 6. The first kappa shape index (κ1) is 15.8. The summed E-state index contributed by atoms with van der Waals surface area (Å²) in [7, 11) is 0. The minimum atomic E-state index is -0.660. The molecule has 1 aromatic carbocycles. The Morgan fingerprint density at radius 2 is 2.10 bits per heavy atom. The van der Waals surface area contributed by atoms with Gasteiger partial charge >= 0.3 is 0 Å². The molecule has 0 saturated carbocycles. The van der Waals surface area contributed by atoms with E-state index in [0.29, 0.717) is 28.2 Å². The van der Waals surface area contributed by atoms with Gasteiger partial charge in [-0.25, -0.2) is 0 Å². The molecule has 108 valence electrons. The van der Waals surface area contributed by atoms with Gasteiger partial charge in [0.25, 0.3) is 0 Å². The van der Waals surface area contributed by atoms with E-state index in [2.05, 4.69) is 23.7 Å². The molecule has 2 N–H and O–H groups in total. The van der Waals surface area contributed by atoms with Crippen molar-refractivity contribution in [3.63, 3.8) is 0 Å². The summed E-state index contributed by atoms with van der Waals surface area (Å²) in [4.78, 5) is 1.33. The fourth-order valence-electron chi connectivity index (χ4n) is 2.00. The first-order chi connectivity index (χ1) is 9.56. The maximum atomic E-state index is 10.2. The van der Waals surface area contributed by atoms with Crippen LogP contribution < -0.4 is 5.32 Å². The van der Waals surface area contributed by atoms with E-state index in [9.17, 15) is 5.11 Å². The van der Waals surface area contributed by atoms with Crippen molar-refractivity contribution >= 4 is 34.5 Å². The van der Waals surface area contributed by atoms with Crippen LogP contribution in [-0.2, 0) is 6.42 Å². The van der Waals surface area contributed by atoms with Crippen molar-refractivity contribution in [1.82, 2.24) is 5.32 Å². The van der Waals surface area contributed by atoms with Gasteiger partial charge in [0, 0.05) is 33.1 Å². The van der Waals surface area contributed by atoms with Crippen molar-refractivity contribution in [3.05, 3.63) is 56.2 Å². The van der Waals surface area contributed by atoms with Gasteiger partial charge in [0.15, 0.2) is 0 Å². The zero-order valence-corrected chi connectivity index (χ0v) is 13.5. The van der Waals surface area contributed by atoms with E-state index >= 15 is 0 Å². The molecule has 0 radical (unpaired) electrons. The fraction of sp³-hybridized carbons (Fsp3) is 0.333. The molecule has 0 aliphatic heterocycles. The topological polar surface area (TPSA) is 32.3 Å². The largest absolute Gasteiger partial charge is 0.387 e. The number of hydrogen-bond donors (Lipinski definition) is 2. The fourth-order valence-corrected chi connectivity index (χ4v) is 3.25. The van der Waals surface area contributed by atoms with Crippen LogP contribution in [0.5, 0.6) is 0 Å². The third-order valence-corrected chi connectivity index (χ3v) is 4.54. The zero-order chi connectivity index (χ0) is 14.5. The highest BCUT2D eigenvalue weighted by Gasteiger charge is 2.13. The molecule has 1 heterocycles. The lowest BCUT2D eigenvalue weighted by Crippen LogP contribution is -2.31. The molecule has 0 amide bonds. The van der Waals surface area contributed by atoms with Gasteiger partial charge in [-0.1, -0.05) is 29.3 Å². The quantitative estimate of drug-likeness (QED) is 0.827. The smallest absolute Gasteiger partial charge is 0.0929 e. The molecule has 2 aromatic rings. The second-order valence-corrected chi connectivity index (χ2v) is 6.65. The van der Waals surface area contributed by atoms with Crippen LogP contribution in [0.2, 0.25) is 10.0 Å². The Bertz CT molecular complexity index is 545. The van der Waals surface area contributed by atoms with E-state index in [1.165, 1.54) is 4.88 Å². The van der Waals surface area contributed by atoms with Gasteiger partial charge in [-0.15, -0.1) is 11.3 Å². The van der Waals surface area contributed by atoms with Crippen LogP contribution in [0.4, 0.5) is 0 Å². The summed E-state index contributed by atoms with van der Waals surface area (Å²) in [6.07, 6.45) is 0.292. The summed E-state index contributed by atoms with van der Waals surface area (Å²) in [5.74, 6) is 0. The van der Waals surface area contributed by atoms with Crippen LogP contribution in [0.1, 0.15) is 23.5 Å². The van der Waals surface area contributed by atoms with E-state index in [1.807, 2.05) is 6.07 Å². The maximum absolute atomic E-state index is 10.2. The highest BCUT2D eigenvalue weighted by atomic mass is 35.5. The van der Waals surface area contributed by atoms with Crippen molar-refractivity contribution in [1.29, 1.82) is 0 Å². The highest BCUT2D eigenvalue weighted by Crippen LogP contribution is 2.26. The molecule has 0 spiro atoms. The maximum Gasteiger partial charge on any atom is 0.0929 e. The number of nitrogens with one attached hydrogen (secondary N) is 1. The summed E-state index contributed by atoms with van der Waals surface area (Å²) in [5, 5.41) is 16.7. The minimum absolute atomic E-state index is 0.293. The van der Waals surface area contributed by atoms with Crippen LogP contribution in [0, 0.1) is 0 Å². The minimum Gasteiger partial charge on any atom is -0.387 e. The number of thiophene rings is 1. The van der Waals surface area contributed by atoms with Gasteiger partial charge in [0.2, 0.25) is 0 Å². The Labute approximate surface area is 133 Å². The van der Waals surface area contributed by atoms with Gasteiger partial charge in [0.05, 0.1) is 6.10 Å². The molecule has 2 atom stereocenters. The summed E-state index contributed by atoms with van der Waals surface area (Å²) in [6.45, 7) is 2.55. The normalized spacial score (nSPS) is 14.2. The molecular formula is C15H17Cl2NOS. The van der Waals surface area contributed by atoms with E-state index in [-0.39, 0.29) is 0 Å². The van der Waals surface area contributed by atoms with E-state index in [1.54, 1.807) is 29.5 Å². The highest BCUT2D eigenvalue weighted by molar-refractivity contribution is 7.09. The van der Waals surface area contributed by atoms with Gasteiger partial charge in [-0.3, -0.25) is 0 Å². The van der Waals surface area contributed by atoms with Gasteiger partial charge in [0.1, 0.15) is 0 Å². The van der Waals surface area contributed by atoms with Crippen molar-refractivity contribution in [2.45, 2.75) is 25.5 Å².